The van der Waals surface area contributed by atoms with Gasteiger partial charge in [-0.25, -0.2) is 0 Å². The monoisotopic (exact) mass is 168 g/mol. The molecule has 1 unspecified atom stereocenters. The SMILES string of the molecule is P.[F][Ni]([F])([F])[F]. The Balaban J connectivity index is 0. The van der Waals surface area contributed by atoms with Crippen molar-refractivity contribution in [3.8, 4) is 0 Å². The van der Waals surface area contributed by atoms with Crippen LogP contribution < -0.4 is 0 Å². The number of halogens is 4. The predicted molar refractivity (Wildman–Crippen MR) is 15.5 cm³/mol. The fourth-order valence-electron chi connectivity index (χ4n) is 0. The minimum atomic E-state index is -6.25. The first-order valence-corrected chi connectivity index (χ1v) is 1.97. The third-order valence-corrected chi connectivity index (χ3v) is 0. The molecule has 0 aromatic heterocycles. The Bertz CT molecular complexity index is 23.0. The molecule has 0 heterocycles. The standard InChI is InChI=1S/4FH.Ni.H3P/h4*1H;;1H3/q;;;;+4;/p-4. The van der Waals surface area contributed by atoms with Crippen molar-refractivity contribution in [2.75, 3.05) is 0 Å². The van der Waals surface area contributed by atoms with Crippen molar-refractivity contribution in [2.24, 2.45) is 0 Å². The first kappa shape index (κ1) is 9.81. The van der Waals surface area contributed by atoms with E-state index in [2.05, 4.69) is 0 Å². The maximum absolute atomic E-state index is 9.78. The van der Waals surface area contributed by atoms with Gasteiger partial charge in [-0.1, -0.05) is 0 Å². The van der Waals surface area contributed by atoms with Gasteiger partial charge in [0.15, 0.2) is 0 Å². The summed E-state index contributed by atoms with van der Waals surface area (Å²) in [7, 11) is 0. The van der Waals surface area contributed by atoms with Crippen molar-refractivity contribution < 1.29 is 28.6 Å². The van der Waals surface area contributed by atoms with Gasteiger partial charge in [-0.05, 0) is 0 Å². The molecule has 0 aromatic rings. The number of hydrogen-bond donors (Lipinski definition) is 0. The second-order valence-corrected chi connectivity index (χ2v) is 1.12. The third-order valence-electron chi connectivity index (χ3n) is 0. The Morgan fingerprint density at radius 3 is 0.833 bits per heavy atom. The van der Waals surface area contributed by atoms with Crippen LogP contribution in [0.15, 0.2) is 0 Å². The zero-order valence-corrected chi connectivity index (χ0v) is 4.94. The van der Waals surface area contributed by atoms with Gasteiger partial charge in [-0.2, -0.15) is 9.90 Å². The van der Waals surface area contributed by atoms with Crippen molar-refractivity contribution in [1.29, 1.82) is 0 Å². The van der Waals surface area contributed by atoms with Crippen molar-refractivity contribution >= 4 is 9.90 Å². The summed E-state index contributed by atoms with van der Waals surface area (Å²) in [5.74, 6) is 0. The van der Waals surface area contributed by atoms with Gasteiger partial charge in [0.05, 0.1) is 0 Å². The van der Waals surface area contributed by atoms with Crippen LogP contribution in [0.1, 0.15) is 0 Å². The molecule has 0 aromatic carbocycles. The second kappa shape index (κ2) is 2.76. The molecule has 1 atom stereocenters. The first-order chi connectivity index (χ1) is 2.00. The molecule has 46 valence electrons. The molecular weight excluding hydrogens is 166 g/mol. The molecule has 0 saturated heterocycles. The van der Waals surface area contributed by atoms with E-state index >= 15 is 0 Å². The van der Waals surface area contributed by atoms with Crippen molar-refractivity contribution in [2.45, 2.75) is 0 Å². The normalized spacial score (nSPS) is 12.7. The average Bonchev–Trinajstić information content (AvgIpc) is 0.722. The van der Waals surface area contributed by atoms with Crippen LogP contribution in [0.25, 0.3) is 0 Å². The Morgan fingerprint density at radius 1 is 0.833 bits per heavy atom. The summed E-state index contributed by atoms with van der Waals surface area (Å²) in [6.07, 6.45) is 0. The van der Waals surface area contributed by atoms with Crippen LogP contribution in [0.5, 0.6) is 0 Å². The quantitative estimate of drug-likeness (QED) is 0.294. The summed E-state index contributed by atoms with van der Waals surface area (Å²) in [4.78, 5) is 0. The Hall–Kier alpha value is 0.644. The summed E-state index contributed by atoms with van der Waals surface area (Å²) in [5.41, 5.74) is 0. The Labute approximate surface area is 39.4 Å². The van der Waals surface area contributed by atoms with Gasteiger partial charge in [0.1, 0.15) is 0 Å². The van der Waals surface area contributed by atoms with Crippen LogP contribution in [0, 0.1) is 0 Å². The van der Waals surface area contributed by atoms with E-state index in [1.165, 1.54) is 0 Å². The Morgan fingerprint density at radius 2 is 0.833 bits per heavy atom. The zero-order chi connectivity index (χ0) is 4.50. The second-order valence-electron chi connectivity index (χ2n) is 0.271. The van der Waals surface area contributed by atoms with Crippen molar-refractivity contribution in [3.05, 3.63) is 0 Å². The molecule has 0 saturated carbocycles. The molecule has 0 amide bonds. The third kappa shape index (κ3) is 149. The Kier molecular flexibility index (Phi) is 4.51. The first-order valence-electron chi connectivity index (χ1n) is 0.478. The molecule has 0 aliphatic rings. The molecule has 0 aliphatic carbocycles. The van der Waals surface area contributed by atoms with Crippen LogP contribution >= 0.6 is 9.90 Å². The molecule has 0 aliphatic heterocycles. The van der Waals surface area contributed by atoms with Gasteiger partial charge in [-0.15, -0.1) is 0 Å². The summed E-state index contributed by atoms with van der Waals surface area (Å²) in [6, 6.07) is 0. The van der Waals surface area contributed by atoms with E-state index in [1.807, 2.05) is 0 Å². The van der Waals surface area contributed by atoms with Crippen LogP contribution in [0.4, 0.5) is 14.4 Å². The molecule has 6 heteroatoms. The predicted octanol–water partition coefficient (Wildman–Crippen LogP) is 1.74. The van der Waals surface area contributed by atoms with Gasteiger partial charge in [0.25, 0.3) is 0 Å². The maximum atomic E-state index is 9.78. The van der Waals surface area contributed by atoms with E-state index in [4.69, 9.17) is 0 Å². The molecule has 0 radical (unpaired) electrons. The average molecular weight is 169 g/mol. The minimum absolute atomic E-state index is 0. The summed E-state index contributed by atoms with van der Waals surface area (Å²) in [5, 5.41) is 0. The molecular formula is H3F4NiP. The zero-order valence-electron chi connectivity index (χ0n) is 2.54. The summed E-state index contributed by atoms with van der Waals surface area (Å²) >= 11 is -6.25. The molecule has 0 bridgehead atoms. The van der Waals surface area contributed by atoms with Crippen LogP contribution in [-0.4, -0.2) is 0 Å². The molecule has 0 N–H and O–H groups in total. The van der Waals surface area contributed by atoms with Gasteiger partial charge in [0, 0.05) is 0 Å². The van der Waals surface area contributed by atoms with E-state index in [9.17, 15) is 14.4 Å². The van der Waals surface area contributed by atoms with Crippen LogP contribution in [-0.2, 0) is 14.2 Å². The molecule has 6 heavy (non-hydrogen) atoms. The van der Waals surface area contributed by atoms with E-state index in [1.54, 1.807) is 0 Å². The van der Waals surface area contributed by atoms with Crippen LogP contribution in [0.3, 0.4) is 0 Å². The number of rotatable bonds is 0. The molecule has 0 nitrogen and oxygen atoms in total. The van der Waals surface area contributed by atoms with Gasteiger partial charge < -0.3 is 0 Å². The van der Waals surface area contributed by atoms with E-state index in [-0.39, 0.29) is 9.90 Å². The topological polar surface area (TPSA) is 0 Å². The summed E-state index contributed by atoms with van der Waals surface area (Å²) < 4.78 is 39.1. The van der Waals surface area contributed by atoms with Crippen molar-refractivity contribution in [1.82, 2.24) is 0 Å². The van der Waals surface area contributed by atoms with Crippen molar-refractivity contribution in [3.63, 3.8) is 0 Å². The van der Waals surface area contributed by atoms with Crippen LogP contribution in [0.2, 0.25) is 0 Å². The fraction of sp³-hybridized carbons (Fsp3) is 0. The summed E-state index contributed by atoms with van der Waals surface area (Å²) in [6.45, 7) is 0. The molecule has 0 spiro atoms. The van der Waals surface area contributed by atoms with Gasteiger partial charge in [0.2, 0.25) is 0 Å². The fourth-order valence-corrected chi connectivity index (χ4v) is 0. The van der Waals surface area contributed by atoms with E-state index in [0.717, 1.165) is 0 Å². The van der Waals surface area contributed by atoms with Gasteiger partial charge in [-0.3, -0.25) is 0 Å². The molecule has 0 rings (SSSR count). The number of hydrogen-bond acceptors (Lipinski definition) is 0. The van der Waals surface area contributed by atoms with E-state index in [0.29, 0.717) is 0 Å². The van der Waals surface area contributed by atoms with E-state index < -0.39 is 14.2 Å². The van der Waals surface area contributed by atoms with Gasteiger partial charge >= 0.3 is 28.6 Å². The molecule has 0 fully saturated rings.